The number of benzene rings is 1. The van der Waals surface area contributed by atoms with Crippen LogP contribution in [0.5, 0.6) is 5.75 Å². The second-order valence-corrected chi connectivity index (χ2v) is 5.54. The van der Waals surface area contributed by atoms with Gasteiger partial charge < -0.3 is 10.1 Å². The topological polar surface area (TPSA) is 21.3 Å². The summed E-state index contributed by atoms with van der Waals surface area (Å²) in [6, 6.07) is 9.02. The van der Waals surface area contributed by atoms with Crippen LogP contribution >= 0.6 is 11.3 Å². The fourth-order valence-electron chi connectivity index (χ4n) is 1.82. The highest BCUT2D eigenvalue weighted by Crippen LogP contribution is 2.30. The zero-order chi connectivity index (χ0) is 15.3. The van der Waals surface area contributed by atoms with Crippen LogP contribution in [-0.2, 0) is 6.18 Å². The molecular formula is C15H16F3NOS. The SMILES string of the molecule is CC(NCCOc1ccc(C(F)(F)F)cc1)c1cccs1. The van der Waals surface area contributed by atoms with Crippen LogP contribution in [-0.4, -0.2) is 13.2 Å². The molecule has 1 aromatic carbocycles. The molecule has 0 aliphatic heterocycles. The Balaban J connectivity index is 1.74. The van der Waals surface area contributed by atoms with Gasteiger partial charge in [0, 0.05) is 17.5 Å². The van der Waals surface area contributed by atoms with Gasteiger partial charge in [-0.15, -0.1) is 11.3 Å². The smallest absolute Gasteiger partial charge is 0.416 e. The summed E-state index contributed by atoms with van der Waals surface area (Å²) in [6.45, 7) is 3.09. The van der Waals surface area contributed by atoms with Crippen molar-refractivity contribution in [2.24, 2.45) is 0 Å². The van der Waals surface area contributed by atoms with Gasteiger partial charge in [0.05, 0.1) is 5.56 Å². The van der Waals surface area contributed by atoms with E-state index in [1.54, 1.807) is 11.3 Å². The minimum Gasteiger partial charge on any atom is -0.492 e. The van der Waals surface area contributed by atoms with E-state index in [1.165, 1.54) is 17.0 Å². The van der Waals surface area contributed by atoms with Crippen LogP contribution < -0.4 is 10.1 Å². The van der Waals surface area contributed by atoms with E-state index >= 15 is 0 Å². The lowest BCUT2D eigenvalue weighted by Gasteiger charge is -2.13. The van der Waals surface area contributed by atoms with Crippen LogP contribution in [0.25, 0.3) is 0 Å². The summed E-state index contributed by atoms with van der Waals surface area (Å²) in [5.74, 6) is 0.438. The summed E-state index contributed by atoms with van der Waals surface area (Å²) in [4.78, 5) is 1.24. The second-order valence-electron chi connectivity index (χ2n) is 4.56. The summed E-state index contributed by atoms with van der Waals surface area (Å²) >= 11 is 1.68. The van der Waals surface area contributed by atoms with Crippen molar-refractivity contribution < 1.29 is 17.9 Å². The molecule has 1 N–H and O–H groups in total. The number of alkyl halides is 3. The van der Waals surface area contributed by atoms with Gasteiger partial charge in [-0.2, -0.15) is 13.2 Å². The molecule has 21 heavy (non-hydrogen) atoms. The number of ether oxygens (including phenoxy) is 1. The van der Waals surface area contributed by atoms with Crippen molar-refractivity contribution in [1.82, 2.24) is 5.32 Å². The fourth-order valence-corrected chi connectivity index (χ4v) is 2.58. The minimum atomic E-state index is -4.31. The second kappa shape index (κ2) is 6.95. The molecule has 0 spiro atoms. The monoisotopic (exact) mass is 315 g/mol. The molecule has 2 rings (SSSR count). The Hall–Kier alpha value is -1.53. The predicted molar refractivity (Wildman–Crippen MR) is 77.7 cm³/mol. The zero-order valence-corrected chi connectivity index (χ0v) is 12.3. The van der Waals surface area contributed by atoms with Gasteiger partial charge in [-0.3, -0.25) is 0 Å². The molecule has 6 heteroatoms. The Kier molecular flexibility index (Phi) is 5.25. The van der Waals surface area contributed by atoms with Gasteiger partial charge in [0.15, 0.2) is 0 Å². The van der Waals surface area contributed by atoms with Gasteiger partial charge in [0.2, 0.25) is 0 Å². The third-order valence-corrected chi connectivity index (χ3v) is 4.03. The Bertz CT molecular complexity index is 537. The first-order valence-electron chi connectivity index (χ1n) is 6.53. The van der Waals surface area contributed by atoms with Crippen molar-refractivity contribution in [2.75, 3.05) is 13.2 Å². The van der Waals surface area contributed by atoms with Crippen LogP contribution in [0.15, 0.2) is 41.8 Å². The third kappa shape index (κ3) is 4.75. The first-order chi connectivity index (χ1) is 9.97. The molecule has 0 bridgehead atoms. The van der Waals surface area contributed by atoms with E-state index in [9.17, 15) is 13.2 Å². The molecule has 0 radical (unpaired) electrons. The van der Waals surface area contributed by atoms with Crippen LogP contribution in [0.2, 0.25) is 0 Å². The van der Waals surface area contributed by atoms with Crippen molar-refractivity contribution in [3.63, 3.8) is 0 Å². The molecule has 2 aromatic rings. The lowest BCUT2D eigenvalue weighted by molar-refractivity contribution is -0.137. The lowest BCUT2D eigenvalue weighted by Crippen LogP contribution is -2.23. The molecule has 0 fully saturated rings. The van der Waals surface area contributed by atoms with E-state index in [2.05, 4.69) is 18.3 Å². The third-order valence-electron chi connectivity index (χ3n) is 2.97. The number of rotatable bonds is 6. The normalized spacial score (nSPS) is 13.1. The molecule has 1 atom stereocenters. The van der Waals surface area contributed by atoms with E-state index in [1.807, 2.05) is 11.4 Å². The Labute approximate surface area is 125 Å². The summed E-state index contributed by atoms with van der Waals surface area (Å²) in [5.41, 5.74) is -0.667. The van der Waals surface area contributed by atoms with Gasteiger partial charge in [-0.25, -0.2) is 0 Å². The maximum absolute atomic E-state index is 12.4. The molecule has 0 aliphatic carbocycles. The van der Waals surface area contributed by atoms with Crippen molar-refractivity contribution in [3.05, 3.63) is 52.2 Å². The highest BCUT2D eigenvalue weighted by molar-refractivity contribution is 7.10. The standard InChI is InChI=1S/C15H16F3NOS/c1-11(14-3-2-10-21-14)19-8-9-20-13-6-4-12(5-7-13)15(16,17)18/h2-7,10-11,19H,8-9H2,1H3. The Morgan fingerprint density at radius 2 is 1.90 bits per heavy atom. The molecule has 1 heterocycles. The van der Waals surface area contributed by atoms with E-state index in [-0.39, 0.29) is 6.04 Å². The first kappa shape index (κ1) is 15.9. The number of hydrogen-bond donors (Lipinski definition) is 1. The Morgan fingerprint density at radius 3 is 2.48 bits per heavy atom. The van der Waals surface area contributed by atoms with Crippen LogP contribution in [0.1, 0.15) is 23.4 Å². The highest BCUT2D eigenvalue weighted by atomic mass is 32.1. The largest absolute Gasteiger partial charge is 0.492 e. The number of hydrogen-bond acceptors (Lipinski definition) is 3. The van der Waals surface area contributed by atoms with Gasteiger partial charge >= 0.3 is 6.18 Å². The van der Waals surface area contributed by atoms with Gasteiger partial charge in [-0.05, 0) is 42.6 Å². The quantitative estimate of drug-likeness (QED) is 0.793. The van der Waals surface area contributed by atoms with Crippen LogP contribution in [0.3, 0.4) is 0 Å². The van der Waals surface area contributed by atoms with Gasteiger partial charge in [0.25, 0.3) is 0 Å². The van der Waals surface area contributed by atoms with Crippen LogP contribution in [0, 0.1) is 0 Å². The molecule has 1 unspecified atom stereocenters. The molecule has 0 saturated heterocycles. The summed E-state index contributed by atoms with van der Waals surface area (Å²) < 4.78 is 42.6. The average molecular weight is 315 g/mol. The van der Waals surface area contributed by atoms with E-state index in [0.717, 1.165) is 12.1 Å². The fraction of sp³-hybridized carbons (Fsp3) is 0.333. The van der Waals surface area contributed by atoms with Gasteiger partial charge in [0.1, 0.15) is 12.4 Å². The molecule has 2 nitrogen and oxygen atoms in total. The average Bonchev–Trinajstić information content (AvgIpc) is 2.97. The maximum Gasteiger partial charge on any atom is 0.416 e. The van der Waals surface area contributed by atoms with E-state index < -0.39 is 11.7 Å². The lowest BCUT2D eigenvalue weighted by atomic mass is 10.2. The van der Waals surface area contributed by atoms with Crippen molar-refractivity contribution in [3.8, 4) is 5.75 Å². The summed E-state index contributed by atoms with van der Waals surface area (Å²) in [5, 5.41) is 5.32. The molecule has 1 aromatic heterocycles. The van der Waals surface area contributed by atoms with E-state index in [0.29, 0.717) is 18.9 Å². The Morgan fingerprint density at radius 1 is 1.19 bits per heavy atom. The molecular weight excluding hydrogens is 299 g/mol. The van der Waals surface area contributed by atoms with Crippen molar-refractivity contribution in [1.29, 1.82) is 0 Å². The molecule has 0 saturated carbocycles. The number of nitrogens with one attached hydrogen (secondary N) is 1. The highest BCUT2D eigenvalue weighted by Gasteiger charge is 2.29. The van der Waals surface area contributed by atoms with E-state index in [4.69, 9.17) is 4.74 Å². The van der Waals surface area contributed by atoms with Crippen LogP contribution in [0.4, 0.5) is 13.2 Å². The minimum absolute atomic E-state index is 0.237. The number of halogens is 3. The molecule has 0 amide bonds. The predicted octanol–water partition coefficient (Wildman–Crippen LogP) is 4.50. The van der Waals surface area contributed by atoms with Crippen molar-refractivity contribution >= 4 is 11.3 Å². The maximum atomic E-state index is 12.4. The summed E-state index contributed by atoms with van der Waals surface area (Å²) in [7, 11) is 0. The molecule has 0 aliphatic rings. The first-order valence-corrected chi connectivity index (χ1v) is 7.41. The summed E-state index contributed by atoms with van der Waals surface area (Å²) in [6.07, 6.45) is -4.31. The van der Waals surface area contributed by atoms with Gasteiger partial charge in [-0.1, -0.05) is 6.07 Å². The number of thiophene rings is 1. The zero-order valence-electron chi connectivity index (χ0n) is 11.5. The van der Waals surface area contributed by atoms with Crippen molar-refractivity contribution in [2.45, 2.75) is 19.1 Å². The molecule has 114 valence electrons.